The van der Waals surface area contributed by atoms with E-state index in [-0.39, 0.29) is 59.7 Å². The minimum atomic E-state index is -4.27. The number of ether oxygens (including phenoxy) is 5. The molecule has 0 radical (unpaired) electrons. The average molecular weight is 740 g/mol. The van der Waals surface area contributed by atoms with Crippen molar-refractivity contribution in [2.75, 3.05) is 36.7 Å². The Labute approximate surface area is 301 Å². The molecule has 53 heavy (non-hydrogen) atoms. The first kappa shape index (κ1) is 34.4. The van der Waals surface area contributed by atoms with Crippen LogP contribution >= 0.6 is 0 Å². The van der Waals surface area contributed by atoms with Gasteiger partial charge in [-0.05, 0) is 65.9 Å². The maximum Gasteiger partial charge on any atom is 0.411 e. The number of aryl methyl sites for hydroxylation is 1. The molecule has 1 aliphatic heterocycles. The summed E-state index contributed by atoms with van der Waals surface area (Å²) in [6.07, 6.45) is 0.210. The van der Waals surface area contributed by atoms with Gasteiger partial charge in [-0.2, -0.15) is 4.98 Å². The molecule has 0 saturated carbocycles. The molecule has 4 heterocycles. The molecule has 0 saturated heterocycles. The van der Waals surface area contributed by atoms with Crippen molar-refractivity contribution >= 4 is 27.6 Å². The van der Waals surface area contributed by atoms with E-state index in [0.717, 1.165) is 10.5 Å². The van der Waals surface area contributed by atoms with E-state index in [9.17, 15) is 18.3 Å². The molecule has 0 bridgehead atoms. The number of methoxy groups -OCH3 is 1. The van der Waals surface area contributed by atoms with Crippen molar-refractivity contribution < 1.29 is 42.0 Å². The summed E-state index contributed by atoms with van der Waals surface area (Å²) in [6.45, 7) is 1.39. The summed E-state index contributed by atoms with van der Waals surface area (Å²) >= 11 is 0. The van der Waals surface area contributed by atoms with E-state index in [1.807, 2.05) is 6.92 Å². The molecule has 3 aromatic carbocycles. The Morgan fingerprint density at radius 2 is 1.79 bits per heavy atom. The summed E-state index contributed by atoms with van der Waals surface area (Å²) in [5, 5.41) is 23.8. The fourth-order valence-electron chi connectivity index (χ4n) is 5.12. The smallest absolute Gasteiger partial charge is 0.411 e. The van der Waals surface area contributed by atoms with Gasteiger partial charge in [-0.1, -0.05) is 29.8 Å². The standard InChI is InChI=1S/C34H29N9O9S/c1-20-7-10-23(11-8-20)53(46,47)40-32-29(52-27-6-4-3-5-25(27)48-2)33(37-30(36-32)21-13-14-35-24(17-21)31-38-41-42-39-31)49-16-15-43(34(44)45)22-9-12-26-28(18-22)51-19-50-26/h3-14,17-18H,15-16,19H2,1-2H3,(H,44,45)(H,36,37,40)(H,38,39,41,42). The second-order valence-electron chi connectivity index (χ2n) is 11.2. The largest absolute Gasteiger partial charge is 0.493 e. The Hall–Kier alpha value is -7.02. The van der Waals surface area contributed by atoms with Crippen molar-refractivity contribution in [1.29, 1.82) is 0 Å². The first-order valence-electron chi connectivity index (χ1n) is 15.7. The summed E-state index contributed by atoms with van der Waals surface area (Å²) in [6, 6.07) is 20.8. The Morgan fingerprint density at radius 3 is 2.55 bits per heavy atom. The molecular weight excluding hydrogens is 710 g/mol. The summed E-state index contributed by atoms with van der Waals surface area (Å²) in [4.78, 5) is 26.9. The third kappa shape index (κ3) is 7.54. The van der Waals surface area contributed by atoms with Gasteiger partial charge in [-0.25, -0.2) is 23.3 Å². The zero-order valence-electron chi connectivity index (χ0n) is 28.0. The Morgan fingerprint density at radius 1 is 1.00 bits per heavy atom. The summed E-state index contributed by atoms with van der Waals surface area (Å²) in [7, 11) is -2.82. The Kier molecular flexibility index (Phi) is 9.54. The number of benzene rings is 3. The lowest BCUT2D eigenvalue weighted by molar-refractivity contribution is 0.174. The van der Waals surface area contributed by atoms with E-state index in [1.54, 1.807) is 66.7 Å². The molecule has 7 rings (SSSR count). The molecule has 0 fully saturated rings. The number of rotatable bonds is 13. The number of hydrogen-bond donors (Lipinski definition) is 3. The van der Waals surface area contributed by atoms with Gasteiger partial charge in [0.25, 0.3) is 15.9 Å². The molecule has 3 N–H and O–H groups in total. The van der Waals surface area contributed by atoms with E-state index >= 15 is 0 Å². The van der Waals surface area contributed by atoms with Crippen molar-refractivity contribution in [1.82, 2.24) is 35.6 Å². The van der Waals surface area contributed by atoms with Crippen LogP contribution in [0.15, 0.2) is 90.0 Å². The normalized spacial score (nSPS) is 11.9. The molecular formula is C34H29N9O9S. The lowest BCUT2D eigenvalue weighted by Gasteiger charge is -2.21. The van der Waals surface area contributed by atoms with E-state index < -0.39 is 16.1 Å². The molecule has 6 aromatic rings. The number of carboxylic acid groups (broad SMARTS) is 1. The topological polar surface area (TPSA) is 226 Å². The van der Waals surface area contributed by atoms with Crippen molar-refractivity contribution in [3.63, 3.8) is 0 Å². The number of nitrogens with zero attached hydrogens (tertiary/aromatic N) is 7. The zero-order chi connectivity index (χ0) is 37.0. The van der Waals surface area contributed by atoms with Crippen molar-refractivity contribution in [2.45, 2.75) is 11.8 Å². The third-order valence-corrected chi connectivity index (χ3v) is 9.09. The van der Waals surface area contributed by atoms with Crippen LogP contribution in [-0.4, -0.2) is 82.2 Å². The first-order chi connectivity index (χ1) is 25.7. The van der Waals surface area contributed by atoms with Crippen LogP contribution in [0.5, 0.6) is 34.6 Å². The van der Waals surface area contributed by atoms with Crippen LogP contribution in [0.25, 0.3) is 22.9 Å². The van der Waals surface area contributed by atoms with Gasteiger partial charge in [0.2, 0.25) is 12.5 Å². The fourth-order valence-corrected chi connectivity index (χ4v) is 6.13. The van der Waals surface area contributed by atoms with Crippen molar-refractivity contribution in [3.8, 4) is 57.5 Å². The lowest BCUT2D eigenvalue weighted by Crippen LogP contribution is -2.33. The molecule has 3 aromatic heterocycles. The second kappa shape index (κ2) is 14.7. The van der Waals surface area contributed by atoms with Gasteiger partial charge >= 0.3 is 6.09 Å². The molecule has 0 unspecified atom stereocenters. The number of aromatic nitrogens is 7. The molecule has 270 valence electrons. The average Bonchev–Trinajstić information content (AvgIpc) is 3.88. The van der Waals surface area contributed by atoms with E-state index in [2.05, 4.69) is 40.3 Å². The summed E-state index contributed by atoms with van der Waals surface area (Å²) in [5.74, 6) is 0.894. The highest BCUT2D eigenvalue weighted by Gasteiger charge is 2.27. The third-order valence-electron chi connectivity index (χ3n) is 7.74. The first-order valence-corrected chi connectivity index (χ1v) is 17.2. The van der Waals surface area contributed by atoms with Gasteiger partial charge in [0.05, 0.1) is 24.2 Å². The van der Waals surface area contributed by atoms with Crippen molar-refractivity contribution in [2.24, 2.45) is 0 Å². The monoisotopic (exact) mass is 739 g/mol. The fraction of sp³-hybridized carbons (Fsp3) is 0.147. The predicted molar refractivity (Wildman–Crippen MR) is 187 cm³/mol. The second-order valence-corrected chi connectivity index (χ2v) is 12.9. The minimum absolute atomic E-state index is 0.00373. The molecule has 19 heteroatoms. The maximum atomic E-state index is 13.8. The van der Waals surface area contributed by atoms with Crippen LogP contribution in [0.3, 0.4) is 0 Å². The SMILES string of the molecule is COc1ccccc1Oc1c(NS(=O)(=O)c2ccc(C)cc2)nc(-c2ccnc(-c3nnn[nH]3)c2)nc1OCCN(C(=O)O)c1ccc2c(c1)OCO2. The number of fused-ring (bicyclic) bond motifs is 1. The highest BCUT2D eigenvalue weighted by Crippen LogP contribution is 2.42. The molecule has 0 aliphatic carbocycles. The number of aromatic amines is 1. The quantitative estimate of drug-likeness (QED) is 0.143. The molecule has 1 aliphatic rings. The van der Waals surface area contributed by atoms with Crippen LogP contribution in [0, 0.1) is 6.92 Å². The van der Waals surface area contributed by atoms with Crippen LogP contribution in [0.2, 0.25) is 0 Å². The number of anilines is 2. The predicted octanol–water partition coefficient (Wildman–Crippen LogP) is 4.92. The number of para-hydroxylation sites is 2. The van der Waals surface area contributed by atoms with Gasteiger partial charge in [-0.3, -0.25) is 14.6 Å². The van der Waals surface area contributed by atoms with Crippen LogP contribution in [-0.2, 0) is 10.0 Å². The summed E-state index contributed by atoms with van der Waals surface area (Å²) < 4.78 is 58.8. The molecule has 18 nitrogen and oxygen atoms in total. The van der Waals surface area contributed by atoms with Gasteiger partial charge < -0.3 is 28.8 Å². The summed E-state index contributed by atoms with van der Waals surface area (Å²) in [5.41, 5.74) is 1.88. The number of nitrogens with one attached hydrogen (secondary N) is 2. The molecule has 0 spiro atoms. The van der Waals surface area contributed by atoms with Crippen LogP contribution in [0.1, 0.15) is 5.56 Å². The van der Waals surface area contributed by atoms with Gasteiger partial charge in [0.15, 0.2) is 40.5 Å². The van der Waals surface area contributed by atoms with E-state index in [0.29, 0.717) is 34.2 Å². The Bertz CT molecular complexity index is 2380. The van der Waals surface area contributed by atoms with E-state index in [4.69, 9.17) is 23.7 Å². The number of hydrogen-bond acceptors (Lipinski definition) is 14. The highest BCUT2D eigenvalue weighted by atomic mass is 32.2. The van der Waals surface area contributed by atoms with Gasteiger partial charge in [0, 0.05) is 17.8 Å². The minimum Gasteiger partial charge on any atom is -0.493 e. The van der Waals surface area contributed by atoms with Gasteiger partial charge in [0.1, 0.15) is 12.3 Å². The Balaban J connectivity index is 1.32. The highest BCUT2D eigenvalue weighted by molar-refractivity contribution is 7.92. The van der Waals surface area contributed by atoms with Crippen molar-refractivity contribution in [3.05, 3.63) is 90.6 Å². The maximum absolute atomic E-state index is 13.8. The molecule has 0 atom stereocenters. The number of carbonyl (C=O) groups is 1. The number of pyridine rings is 1. The van der Waals surface area contributed by atoms with Gasteiger partial charge in [-0.15, -0.1) is 5.10 Å². The number of tetrazole rings is 1. The van der Waals surface area contributed by atoms with E-state index in [1.165, 1.54) is 25.4 Å². The lowest BCUT2D eigenvalue weighted by atomic mass is 10.2. The number of sulfonamides is 1. The van der Waals surface area contributed by atoms with Crippen LogP contribution < -0.4 is 33.3 Å². The molecule has 1 amide bonds. The van der Waals surface area contributed by atoms with Crippen LogP contribution in [0.4, 0.5) is 16.3 Å². The number of H-pyrrole nitrogens is 1. The number of amides is 1. The zero-order valence-corrected chi connectivity index (χ0v) is 28.8.